The van der Waals surface area contributed by atoms with Crippen molar-refractivity contribution in [1.82, 2.24) is 0 Å². The molecule has 3 rings (SSSR count). The van der Waals surface area contributed by atoms with E-state index in [1.165, 1.54) is 10.9 Å². The first-order chi connectivity index (χ1) is 11.3. The average molecular weight is 317 g/mol. The number of para-hydroxylation sites is 1. The molecule has 0 saturated heterocycles. The Morgan fingerprint density at radius 2 is 1.67 bits per heavy atom. The summed E-state index contributed by atoms with van der Waals surface area (Å²) in [5.74, 6) is -0.0209. The fourth-order valence-electron chi connectivity index (χ4n) is 3.10. The third-order valence-corrected chi connectivity index (χ3v) is 4.50. The SMILES string of the molecule is Cc1cccc(C(=O)c2cc(C(C)(C)C)c3ccccc3c2)c1N. The monoisotopic (exact) mass is 317 g/mol. The number of hydrogen-bond donors (Lipinski definition) is 1. The Morgan fingerprint density at radius 1 is 0.958 bits per heavy atom. The maximum absolute atomic E-state index is 13.1. The van der Waals surface area contributed by atoms with Crippen LogP contribution in [0.4, 0.5) is 5.69 Å². The number of nitrogen functional groups attached to an aromatic ring is 1. The normalized spacial score (nSPS) is 11.7. The van der Waals surface area contributed by atoms with Gasteiger partial charge in [-0.05, 0) is 52.4 Å². The van der Waals surface area contributed by atoms with E-state index in [1.807, 2.05) is 43.3 Å². The Labute approximate surface area is 143 Å². The highest BCUT2D eigenvalue weighted by Gasteiger charge is 2.21. The molecule has 24 heavy (non-hydrogen) atoms. The van der Waals surface area contributed by atoms with E-state index in [0.29, 0.717) is 16.8 Å². The molecule has 2 nitrogen and oxygen atoms in total. The number of benzene rings is 3. The lowest BCUT2D eigenvalue weighted by Gasteiger charge is -2.22. The van der Waals surface area contributed by atoms with Crippen LogP contribution in [0.1, 0.15) is 47.8 Å². The van der Waals surface area contributed by atoms with Gasteiger partial charge in [0.2, 0.25) is 0 Å². The molecule has 3 aromatic carbocycles. The average Bonchev–Trinajstić information content (AvgIpc) is 2.55. The fraction of sp³-hybridized carbons (Fsp3) is 0.227. The molecule has 0 fully saturated rings. The number of rotatable bonds is 2. The van der Waals surface area contributed by atoms with Crippen molar-refractivity contribution in [2.24, 2.45) is 0 Å². The highest BCUT2D eigenvalue weighted by Crippen LogP contribution is 2.32. The van der Waals surface area contributed by atoms with Gasteiger partial charge in [-0.2, -0.15) is 0 Å². The van der Waals surface area contributed by atoms with Crippen molar-refractivity contribution in [3.8, 4) is 0 Å². The molecule has 0 radical (unpaired) electrons. The molecule has 0 aliphatic carbocycles. The summed E-state index contributed by atoms with van der Waals surface area (Å²) in [6, 6.07) is 17.8. The van der Waals surface area contributed by atoms with Crippen molar-refractivity contribution >= 4 is 22.2 Å². The molecule has 0 bridgehead atoms. The van der Waals surface area contributed by atoms with E-state index in [1.54, 1.807) is 6.07 Å². The van der Waals surface area contributed by atoms with Crippen LogP contribution < -0.4 is 5.73 Å². The van der Waals surface area contributed by atoms with Crippen LogP contribution in [0.2, 0.25) is 0 Å². The molecule has 3 aromatic rings. The minimum Gasteiger partial charge on any atom is -0.398 e. The zero-order valence-corrected chi connectivity index (χ0v) is 14.7. The van der Waals surface area contributed by atoms with Crippen LogP contribution in [-0.4, -0.2) is 5.78 Å². The zero-order chi connectivity index (χ0) is 17.5. The number of nitrogens with two attached hydrogens (primary N) is 1. The van der Waals surface area contributed by atoms with E-state index < -0.39 is 0 Å². The highest BCUT2D eigenvalue weighted by molar-refractivity contribution is 6.14. The third-order valence-electron chi connectivity index (χ3n) is 4.50. The van der Waals surface area contributed by atoms with Crippen LogP contribution in [0.3, 0.4) is 0 Å². The number of carbonyl (C=O) groups is 1. The van der Waals surface area contributed by atoms with Crippen molar-refractivity contribution in [3.05, 3.63) is 76.9 Å². The van der Waals surface area contributed by atoms with Gasteiger partial charge in [-0.15, -0.1) is 0 Å². The summed E-state index contributed by atoms with van der Waals surface area (Å²) >= 11 is 0. The summed E-state index contributed by atoms with van der Waals surface area (Å²) in [5.41, 5.74) is 10.0. The van der Waals surface area contributed by atoms with E-state index in [9.17, 15) is 4.79 Å². The molecule has 2 heteroatoms. The quantitative estimate of drug-likeness (QED) is 0.517. The number of hydrogen-bond acceptors (Lipinski definition) is 2. The van der Waals surface area contributed by atoms with Gasteiger partial charge in [0.15, 0.2) is 5.78 Å². The second kappa shape index (κ2) is 5.79. The summed E-state index contributed by atoms with van der Waals surface area (Å²) < 4.78 is 0. The Bertz CT molecular complexity index is 932. The predicted octanol–water partition coefficient (Wildman–Crippen LogP) is 5.26. The molecule has 0 atom stereocenters. The van der Waals surface area contributed by atoms with Gasteiger partial charge >= 0.3 is 0 Å². The number of ketones is 1. The smallest absolute Gasteiger partial charge is 0.195 e. The molecular formula is C22H23NO. The first-order valence-corrected chi connectivity index (χ1v) is 8.22. The van der Waals surface area contributed by atoms with Gasteiger partial charge < -0.3 is 5.73 Å². The van der Waals surface area contributed by atoms with Crippen molar-refractivity contribution in [3.63, 3.8) is 0 Å². The van der Waals surface area contributed by atoms with Gasteiger partial charge in [0, 0.05) is 16.8 Å². The highest BCUT2D eigenvalue weighted by atomic mass is 16.1. The van der Waals surface area contributed by atoms with Gasteiger partial charge in [0.25, 0.3) is 0 Å². The van der Waals surface area contributed by atoms with Crippen molar-refractivity contribution in [2.45, 2.75) is 33.1 Å². The summed E-state index contributed by atoms with van der Waals surface area (Å²) in [7, 11) is 0. The van der Waals surface area contributed by atoms with Gasteiger partial charge in [-0.1, -0.05) is 57.2 Å². The second-order valence-corrected chi connectivity index (χ2v) is 7.36. The Hall–Kier alpha value is -2.61. The third kappa shape index (κ3) is 2.80. The molecule has 0 aliphatic rings. The molecule has 0 spiro atoms. The van der Waals surface area contributed by atoms with Crippen LogP contribution in [0.25, 0.3) is 10.8 Å². The van der Waals surface area contributed by atoms with Crippen LogP contribution in [0.5, 0.6) is 0 Å². The maximum Gasteiger partial charge on any atom is 0.195 e. The van der Waals surface area contributed by atoms with E-state index in [0.717, 1.165) is 10.9 Å². The summed E-state index contributed by atoms with van der Waals surface area (Å²) in [4.78, 5) is 13.1. The number of aryl methyl sites for hydroxylation is 1. The lowest BCUT2D eigenvalue weighted by molar-refractivity contribution is 0.103. The number of anilines is 1. The molecular weight excluding hydrogens is 294 g/mol. The van der Waals surface area contributed by atoms with Crippen LogP contribution in [-0.2, 0) is 5.41 Å². The minimum absolute atomic E-state index is 0.0209. The minimum atomic E-state index is -0.0476. The number of fused-ring (bicyclic) bond motifs is 1. The van der Waals surface area contributed by atoms with Crippen LogP contribution >= 0.6 is 0 Å². The van der Waals surface area contributed by atoms with Crippen molar-refractivity contribution in [2.75, 3.05) is 5.73 Å². The number of carbonyl (C=O) groups excluding carboxylic acids is 1. The molecule has 0 saturated carbocycles. The standard InChI is InChI=1S/C22H23NO/c1-14-8-7-11-18(20(14)23)21(24)16-12-15-9-5-6-10-17(15)19(13-16)22(2,3)4/h5-13H,23H2,1-4H3. The molecule has 0 unspecified atom stereocenters. The summed E-state index contributed by atoms with van der Waals surface area (Å²) in [6.45, 7) is 8.44. The van der Waals surface area contributed by atoms with Gasteiger partial charge in [-0.25, -0.2) is 0 Å². The van der Waals surface area contributed by atoms with E-state index >= 15 is 0 Å². The van der Waals surface area contributed by atoms with Gasteiger partial charge in [0.05, 0.1) is 0 Å². The van der Waals surface area contributed by atoms with E-state index in [4.69, 9.17) is 5.73 Å². The first-order valence-electron chi connectivity index (χ1n) is 8.22. The topological polar surface area (TPSA) is 43.1 Å². The fourth-order valence-corrected chi connectivity index (χ4v) is 3.10. The second-order valence-electron chi connectivity index (χ2n) is 7.36. The maximum atomic E-state index is 13.1. The van der Waals surface area contributed by atoms with Crippen molar-refractivity contribution in [1.29, 1.82) is 0 Å². The van der Waals surface area contributed by atoms with Gasteiger partial charge in [-0.3, -0.25) is 4.79 Å². The Morgan fingerprint density at radius 3 is 2.38 bits per heavy atom. The van der Waals surface area contributed by atoms with Crippen molar-refractivity contribution < 1.29 is 4.79 Å². The molecule has 0 aliphatic heterocycles. The largest absolute Gasteiger partial charge is 0.398 e. The van der Waals surface area contributed by atoms with E-state index in [-0.39, 0.29) is 11.2 Å². The summed E-state index contributed by atoms with van der Waals surface area (Å²) in [5, 5.41) is 2.28. The Kier molecular flexibility index (Phi) is 3.92. The molecule has 2 N–H and O–H groups in total. The molecule has 0 amide bonds. The lowest BCUT2D eigenvalue weighted by Crippen LogP contribution is -2.14. The molecule has 0 aromatic heterocycles. The lowest BCUT2D eigenvalue weighted by atomic mass is 9.81. The molecule has 0 heterocycles. The summed E-state index contributed by atoms with van der Waals surface area (Å²) in [6.07, 6.45) is 0. The zero-order valence-electron chi connectivity index (χ0n) is 14.7. The molecule has 122 valence electrons. The first kappa shape index (κ1) is 16.3. The Balaban J connectivity index is 2.23. The van der Waals surface area contributed by atoms with Crippen LogP contribution in [0.15, 0.2) is 54.6 Å². The van der Waals surface area contributed by atoms with Gasteiger partial charge in [0.1, 0.15) is 0 Å². The van der Waals surface area contributed by atoms with E-state index in [2.05, 4.69) is 32.9 Å². The van der Waals surface area contributed by atoms with Crippen LogP contribution in [0, 0.1) is 6.92 Å². The predicted molar refractivity (Wildman–Crippen MR) is 102 cm³/mol.